The van der Waals surface area contributed by atoms with E-state index in [1.165, 1.54) is 22.8 Å². The number of carbonyl (C=O) groups excluding carboxylic acids is 1. The standard InChI is InChI=1S/C18H23NO4S/c1-21-18(20)23-16-12-19(13-16)7-2-8-22-9-5-14-3-4-17-15(11-14)6-10-24-17/h3-4,6,10-11,16H,2,5,7-9,12-13H2,1H3. The molecule has 0 saturated carbocycles. The number of carbonyl (C=O) groups is 1. The van der Waals surface area contributed by atoms with E-state index in [2.05, 4.69) is 39.3 Å². The maximum atomic E-state index is 10.9. The lowest BCUT2D eigenvalue weighted by molar-refractivity contribution is -0.0412. The minimum absolute atomic E-state index is 0.0228. The van der Waals surface area contributed by atoms with Gasteiger partial charge < -0.3 is 14.2 Å². The fourth-order valence-electron chi connectivity index (χ4n) is 2.82. The Hall–Kier alpha value is -1.63. The van der Waals surface area contributed by atoms with Crippen LogP contribution in [-0.4, -0.2) is 57.1 Å². The molecule has 0 unspecified atom stereocenters. The molecule has 6 heteroatoms. The minimum Gasteiger partial charge on any atom is -0.438 e. The maximum Gasteiger partial charge on any atom is 0.508 e. The van der Waals surface area contributed by atoms with Crippen molar-refractivity contribution in [1.29, 1.82) is 0 Å². The molecule has 0 N–H and O–H groups in total. The van der Waals surface area contributed by atoms with Crippen LogP contribution < -0.4 is 0 Å². The molecule has 2 heterocycles. The third kappa shape index (κ3) is 4.69. The van der Waals surface area contributed by atoms with Gasteiger partial charge in [0.2, 0.25) is 0 Å². The molecular weight excluding hydrogens is 326 g/mol. The second kappa shape index (κ2) is 8.46. The lowest BCUT2D eigenvalue weighted by Gasteiger charge is -2.37. The molecule has 0 spiro atoms. The molecule has 24 heavy (non-hydrogen) atoms. The van der Waals surface area contributed by atoms with Crippen molar-refractivity contribution < 1.29 is 19.0 Å². The lowest BCUT2D eigenvalue weighted by Crippen LogP contribution is -2.53. The number of likely N-dealkylation sites (tertiary alicyclic amines) is 1. The Balaban J connectivity index is 1.23. The van der Waals surface area contributed by atoms with Gasteiger partial charge in [-0.15, -0.1) is 11.3 Å². The number of benzene rings is 1. The number of fused-ring (bicyclic) bond motifs is 1. The second-order valence-electron chi connectivity index (χ2n) is 5.96. The highest BCUT2D eigenvalue weighted by atomic mass is 32.1. The van der Waals surface area contributed by atoms with Gasteiger partial charge in [0.25, 0.3) is 0 Å². The zero-order valence-corrected chi connectivity index (χ0v) is 14.7. The molecule has 1 aromatic carbocycles. The summed E-state index contributed by atoms with van der Waals surface area (Å²) in [7, 11) is 1.33. The molecule has 1 aliphatic heterocycles. The average molecular weight is 349 g/mol. The summed E-state index contributed by atoms with van der Waals surface area (Å²) in [5.74, 6) is 0. The molecule has 0 aliphatic carbocycles. The van der Waals surface area contributed by atoms with Crippen molar-refractivity contribution in [1.82, 2.24) is 4.90 Å². The summed E-state index contributed by atoms with van der Waals surface area (Å²) < 4.78 is 16.6. The highest BCUT2D eigenvalue weighted by Gasteiger charge is 2.29. The Morgan fingerprint density at radius 3 is 3.00 bits per heavy atom. The van der Waals surface area contributed by atoms with E-state index in [1.807, 2.05) is 0 Å². The number of hydrogen-bond acceptors (Lipinski definition) is 6. The predicted octanol–water partition coefficient (Wildman–Crippen LogP) is 3.32. The summed E-state index contributed by atoms with van der Waals surface area (Å²) in [5.41, 5.74) is 1.33. The molecule has 0 atom stereocenters. The summed E-state index contributed by atoms with van der Waals surface area (Å²) in [6, 6.07) is 8.78. The van der Waals surface area contributed by atoms with Crippen molar-refractivity contribution in [2.45, 2.75) is 18.9 Å². The Morgan fingerprint density at radius 1 is 1.29 bits per heavy atom. The van der Waals surface area contributed by atoms with Gasteiger partial charge in [-0.05, 0) is 41.3 Å². The van der Waals surface area contributed by atoms with Gasteiger partial charge in [0, 0.05) is 30.9 Å². The van der Waals surface area contributed by atoms with Crippen LogP contribution in [0.25, 0.3) is 10.1 Å². The SMILES string of the molecule is COC(=O)OC1CN(CCCOCCc2ccc3sccc3c2)C1. The first-order chi connectivity index (χ1) is 11.7. The molecule has 3 rings (SSSR count). The van der Waals surface area contributed by atoms with Gasteiger partial charge in [0.1, 0.15) is 6.10 Å². The van der Waals surface area contributed by atoms with E-state index in [0.29, 0.717) is 0 Å². The Bertz CT molecular complexity index is 666. The number of hydrogen-bond donors (Lipinski definition) is 0. The number of ether oxygens (including phenoxy) is 3. The quantitative estimate of drug-likeness (QED) is 0.540. The topological polar surface area (TPSA) is 48.0 Å². The van der Waals surface area contributed by atoms with Gasteiger partial charge in [0.15, 0.2) is 0 Å². The summed E-state index contributed by atoms with van der Waals surface area (Å²) in [5, 5.41) is 3.45. The van der Waals surface area contributed by atoms with Gasteiger partial charge in [0.05, 0.1) is 13.7 Å². The molecule has 5 nitrogen and oxygen atoms in total. The summed E-state index contributed by atoms with van der Waals surface area (Å²) in [4.78, 5) is 13.2. The van der Waals surface area contributed by atoms with Crippen LogP contribution in [0, 0.1) is 0 Å². The van der Waals surface area contributed by atoms with Crippen LogP contribution in [0.5, 0.6) is 0 Å². The summed E-state index contributed by atoms with van der Waals surface area (Å²) >= 11 is 1.78. The van der Waals surface area contributed by atoms with Crippen LogP contribution in [0.3, 0.4) is 0 Å². The van der Waals surface area contributed by atoms with Gasteiger partial charge in [-0.3, -0.25) is 4.90 Å². The van der Waals surface area contributed by atoms with Crippen LogP contribution in [0.2, 0.25) is 0 Å². The molecule has 1 aliphatic rings. The molecule has 1 fully saturated rings. The van der Waals surface area contributed by atoms with Crippen LogP contribution in [0.15, 0.2) is 29.6 Å². The summed E-state index contributed by atoms with van der Waals surface area (Å²) in [6.07, 6.45) is 1.33. The van der Waals surface area contributed by atoms with E-state index in [9.17, 15) is 4.79 Å². The van der Waals surface area contributed by atoms with E-state index in [1.54, 1.807) is 11.3 Å². The van der Waals surface area contributed by atoms with Crippen LogP contribution in [0.4, 0.5) is 4.79 Å². The Morgan fingerprint density at radius 2 is 2.17 bits per heavy atom. The van der Waals surface area contributed by atoms with Crippen LogP contribution >= 0.6 is 11.3 Å². The van der Waals surface area contributed by atoms with Gasteiger partial charge in [-0.2, -0.15) is 0 Å². The fourth-order valence-corrected chi connectivity index (χ4v) is 3.59. The molecule has 0 bridgehead atoms. The first-order valence-corrected chi connectivity index (χ1v) is 9.13. The highest BCUT2D eigenvalue weighted by Crippen LogP contribution is 2.21. The van der Waals surface area contributed by atoms with Gasteiger partial charge in [-0.25, -0.2) is 4.79 Å². The Labute approximate surface area is 146 Å². The molecule has 130 valence electrons. The fraction of sp³-hybridized carbons (Fsp3) is 0.500. The maximum absolute atomic E-state index is 10.9. The number of methoxy groups -OCH3 is 1. The number of rotatable bonds is 8. The van der Waals surface area contributed by atoms with E-state index in [-0.39, 0.29) is 6.10 Å². The molecule has 1 saturated heterocycles. The van der Waals surface area contributed by atoms with Crippen LogP contribution in [-0.2, 0) is 20.6 Å². The van der Waals surface area contributed by atoms with E-state index in [0.717, 1.165) is 45.7 Å². The molecular formula is C18H23NO4S. The second-order valence-corrected chi connectivity index (χ2v) is 6.91. The average Bonchev–Trinajstić information content (AvgIpc) is 3.02. The molecule has 0 radical (unpaired) electrons. The first-order valence-electron chi connectivity index (χ1n) is 8.25. The third-order valence-electron chi connectivity index (χ3n) is 4.17. The smallest absolute Gasteiger partial charge is 0.438 e. The molecule has 0 amide bonds. The van der Waals surface area contributed by atoms with Crippen molar-refractivity contribution in [3.63, 3.8) is 0 Å². The van der Waals surface area contributed by atoms with E-state index < -0.39 is 6.16 Å². The minimum atomic E-state index is -0.594. The normalized spacial score (nSPS) is 15.4. The zero-order chi connectivity index (χ0) is 16.8. The number of thiophene rings is 1. The van der Waals surface area contributed by atoms with E-state index >= 15 is 0 Å². The molecule has 1 aromatic heterocycles. The first kappa shape index (κ1) is 17.2. The predicted molar refractivity (Wildman–Crippen MR) is 94.7 cm³/mol. The van der Waals surface area contributed by atoms with Crippen molar-refractivity contribution >= 4 is 27.6 Å². The highest BCUT2D eigenvalue weighted by molar-refractivity contribution is 7.17. The van der Waals surface area contributed by atoms with Gasteiger partial charge in [-0.1, -0.05) is 12.1 Å². The van der Waals surface area contributed by atoms with Gasteiger partial charge >= 0.3 is 6.16 Å². The largest absolute Gasteiger partial charge is 0.508 e. The Kier molecular flexibility index (Phi) is 6.07. The molecule has 2 aromatic rings. The summed E-state index contributed by atoms with van der Waals surface area (Å²) in [6.45, 7) is 4.07. The monoisotopic (exact) mass is 349 g/mol. The van der Waals surface area contributed by atoms with Crippen molar-refractivity contribution in [3.05, 3.63) is 35.2 Å². The van der Waals surface area contributed by atoms with Crippen LogP contribution in [0.1, 0.15) is 12.0 Å². The zero-order valence-electron chi connectivity index (χ0n) is 13.9. The van der Waals surface area contributed by atoms with Crippen molar-refractivity contribution in [3.8, 4) is 0 Å². The van der Waals surface area contributed by atoms with Crippen molar-refractivity contribution in [2.24, 2.45) is 0 Å². The van der Waals surface area contributed by atoms with Crippen molar-refractivity contribution in [2.75, 3.05) is 40.0 Å². The van der Waals surface area contributed by atoms with E-state index in [4.69, 9.17) is 9.47 Å². The lowest BCUT2D eigenvalue weighted by atomic mass is 10.1. The number of nitrogens with zero attached hydrogens (tertiary/aromatic N) is 1. The third-order valence-corrected chi connectivity index (χ3v) is 5.07.